The summed E-state index contributed by atoms with van der Waals surface area (Å²) in [5.74, 6) is 1.56. The van der Waals surface area contributed by atoms with E-state index >= 15 is 0 Å². The van der Waals surface area contributed by atoms with E-state index in [1.165, 1.54) is 36.1 Å². The van der Waals surface area contributed by atoms with Gasteiger partial charge >= 0.3 is 0 Å². The summed E-state index contributed by atoms with van der Waals surface area (Å²) in [6.07, 6.45) is 5.91. The summed E-state index contributed by atoms with van der Waals surface area (Å²) in [7, 11) is 0. The van der Waals surface area contributed by atoms with Gasteiger partial charge in [0.05, 0.1) is 5.69 Å². The van der Waals surface area contributed by atoms with Crippen LogP contribution in [0, 0.1) is 5.92 Å². The zero-order valence-electron chi connectivity index (χ0n) is 13.1. The Morgan fingerprint density at radius 1 is 1.10 bits per heavy atom. The Morgan fingerprint density at radius 3 is 2.15 bits per heavy atom. The summed E-state index contributed by atoms with van der Waals surface area (Å²) in [6.45, 7) is 8.98. The lowest BCUT2D eigenvalue weighted by Gasteiger charge is -2.17. The van der Waals surface area contributed by atoms with Crippen molar-refractivity contribution in [1.29, 1.82) is 0 Å². The molecule has 1 fully saturated rings. The number of hydrogen-bond acceptors (Lipinski definition) is 2. The highest BCUT2D eigenvalue weighted by Gasteiger charge is 2.22. The van der Waals surface area contributed by atoms with Crippen molar-refractivity contribution in [2.75, 3.05) is 0 Å². The van der Waals surface area contributed by atoms with Crippen LogP contribution >= 0.6 is 12.6 Å². The molecule has 0 aromatic heterocycles. The molecule has 2 rings (SSSR count). The van der Waals surface area contributed by atoms with Crippen LogP contribution in [0.15, 0.2) is 23.2 Å². The van der Waals surface area contributed by atoms with E-state index in [1.54, 1.807) is 0 Å². The predicted molar refractivity (Wildman–Crippen MR) is 92.9 cm³/mol. The molecule has 1 nitrogen and oxygen atoms in total. The van der Waals surface area contributed by atoms with Crippen molar-refractivity contribution in [2.45, 2.75) is 64.0 Å². The summed E-state index contributed by atoms with van der Waals surface area (Å²) < 4.78 is 0. The minimum absolute atomic E-state index is 0.493. The molecule has 0 saturated heterocycles. The van der Waals surface area contributed by atoms with Crippen molar-refractivity contribution in [2.24, 2.45) is 10.9 Å². The largest absolute Gasteiger partial charge is 0.260 e. The van der Waals surface area contributed by atoms with Crippen LogP contribution in [0.3, 0.4) is 0 Å². The lowest BCUT2D eigenvalue weighted by atomic mass is 9.93. The molecular weight excluding hydrogens is 262 g/mol. The fourth-order valence-corrected chi connectivity index (χ4v) is 3.38. The molecular formula is C18H27NS. The fraction of sp³-hybridized carbons (Fsp3) is 0.611. The summed E-state index contributed by atoms with van der Waals surface area (Å²) in [4.78, 5) is 4.91. The van der Waals surface area contributed by atoms with Crippen LogP contribution in [0.25, 0.3) is 0 Å². The molecule has 1 aliphatic rings. The Balaban J connectivity index is 2.35. The van der Waals surface area contributed by atoms with Gasteiger partial charge in [0.2, 0.25) is 0 Å². The Bertz CT molecular complexity index is 450. The van der Waals surface area contributed by atoms with Crippen molar-refractivity contribution in [3.63, 3.8) is 0 Å². The normalized spacial score (nSPS) is 23.4. The van der Waals surface area contributed by atoms with Gasteiger partial charge < -0.3 is 0 Å². The van der Waals surface area contributed by atoms with Gasteiger partial charge in [-0.05, 0) is 35.8 Å². The Hall–Kier alpha value is -0.760. The molecule has 1 aromatic rings. The highest BCUT2D eigenvalue weighted by Crippen LogP contribution is 2.35. The monoisotopic (exact) mass is 289 g/mol. The quantitative estimate of drug-likeness (QED) is 0.536. The van der Waals surface area contributed by atoms with E-state index in [4.69, 9.17) is 4.99 Å². The molecule has 0 amide bonds. The molecule has 20 heavy (non-hydrogen) atoms. The Kier molecular flexibility index (Phi) is 5.31. The number of thiol groups is 1. The molecule has 0 radical (unpaired) electrons. The first-order valence-corrected chi connectivity index (χ1v) is 8.37. The van der Waals surface area contributed by atoms with E-state index in [9.17, 15) is 0 Å². The molecule has 110 valence electrons. The first-order chi connectivity index (χ1) is 9.50. The summed E-state index contributed by atoms with van der Waals surface area (Å²) in [6, 6.07) is 6.60. The number of benzene rings is 1. The number of rotatable bonds is 4. The van der Waals surface area contributed by atoms with Crippen LogP contribution in [-0.4, -0.2) is 11.5 Å². The van der Waals surface area contributed by atoms with Crippen molar-refractivity contribution >= 4 is 24.5 Å². The highest BCUT2D eigenvalue weighted by molar-refractivity contribution is 7.81. The molecule has 1 aromatic carbocycles. The average Bonchev–Trinajstić information content (AvgIpc) is 2.81. The molecule has 2 atom stereocenters. The molecule has 1 saturated carbocycles. The van der Waals surface area contributed by atoms with Crippen LogP contribution in [0.1, 0.15) is 69.9 Å². The van der Waals surface area contributed by atoms with Crippen LogP contribution in [0.2, 0.25) is 0 Å². The minimum atomic E-state index is 0.493. The smallest absolute Gasteiger partial charge is 0.0694 e. The van der Waals surface area contributed by atoms with Crippen molar-refractivity contribution in [1.82, 2.24) is 0 Å². The first-order valence-electron chi connectivity index (χ1n) is 7.85. The number of nitrogens with zero attached hydrogens (tertiary/aromatic N) is 1. The van der Waals surface area contributed by atoms with E-state index in [0.717, 1.165) is 0 Å². The minimum Gasteiger partial charge on any atom is -0.260 e. The topological polar surface area (TPSA) is 12.4 Å². The van der Waals surface area contributed by atoms with Gasteiger partial charge in [-0.15, -0.1) is 0 Å². The molecule has 0 spiro atoms. The number of aliphatic imine (C=N–C) groups is 1. The molecule has 0 aliphatic heterocycles. The van der Waals surface area contributed by atoms with Gasteiger partial charge in [0.1, 0.15) is 0 Å². The van der Waals surface area contributed by atoms with Crippen LogP contribution in [0.4, 0.5) is 5.69 Å². The average molecular weight is 289 g/mol. The van der Waals surface area contributed by atoms with Crippen LogP contribution in [-0.2, 0) is 0 Å². The third-order valence-electron chi connectivity index (χ3n) is 4.27. The third-order valence-corrected chi connectivity index (χ3v) is 4.91. The van der Waals surface area contributed by atoms with Crippen LogP contribution in [0.5, 0.6) is 0 Å². The van der Waals surface area contributed by atoms with Gasteiger partial charge in [-0.25, -0.2) is 0 Å². The van der Waals surface area contributed by atoms with Gasteiger partial charge in [-0.2, -0.15) is 12.6 Å². The van der Waals surface area contributed by atoms with Crippen molar-refractivity contribution < 1.29 is 0 Å². The molecule has 0 N–H and O–H groups in total. The molecule has 2 heteroatoms. The second-order valence-corrected chi connectivity index (χ2v) is 7.20. The molecule has 0 heterocycles. The lowest BCUT2D eigenvalue weighted by molar-refractivity contribution is 0.760. The SMILES string of the molecule is CC(C)c1cccc(C(C)C)c1N=CC1CCCC1S. The second-order valence-electron chi connectivity index (χ2n) is 6.53. The summed E-state index contributed by atoms with van der Waals surface area (Å²) >= 11 is 4.68. The molecule has 1 aliphatic carbocycles. The zero-order chi connectivity index (χ0) is 14.7. The molecule has 0 bridgehead atoms. The van der Waals surface area contributed by atoms with E-state index in [1.807, 2.05) is 0 Å². The van der Waals surface area contributed by atoms with Gasteiger partial charge in [0, 0.05) is 17.4 Å². The lowest BCUT2D eigenvalue weighted by Crippen LogP contribution is -2.08. The van der Waals surface area contributed by atoms with E-state index < -0.39 is 0 Å². The summed E-state index contributed by atoms with van der Waals surface area (Å²) in [5.41, 5.74) is 3.92. The second kappa shape index (κ2) is 6.80. The van der Waals surface area contributed by atoms with Crippen LogP contribution < -0.4 is 0 Å². The van der Waals surface area contributed by atoms with E-state index in [-0.39, 0.29) is 0 Å². The first kappa shape index (κ1) is 15.6. The van der Waals surface area contributed by atoms with Gasteiger partial charge in [0.25, 0.3) is 0 Å². The van der Waals surface area contributed by atoms with Gasteiger partial charge in [0.15, 0.2) is 0 Å². The van der Waals surface area contributed by atoms with Crippen molar-refractivity contribution in [3.8, 4) is 0 Å². The number of para-hydroxylation sites is 1. The van der Waals surface area contributed by atoms with E-state index in [0.29, 0.717) is 23.0 Å². The van der Waals surface area contributed by atoms with Gasteiger partial charge in [-0.1, -0.05) is 52.3 Å². The standard InChI is InChI=1S/C18H27NS/c1-12(2)15-8-6-9-16(13(3)4)18(15)19-11-14-7-5-10-17(14)20/h6,8-9,11-14,17,20H,5,7,10H2,1-4H3. The van der Waals surface area contributed by atoms with E-state index in [2.05, 4.69) is 64.7 Å². The highest BCUT2D eigenvalue weighted by atomic mass is 32.1. The maximum absolute atomic E-state index is 4.91. The maximum Gasteiger partial charge on any atom is 0.0694 e. The van der Waals surface area contributed by atoms with Gasteiger partial charge in [-0.3, -0.25) is 4.99 Å². The van der Waals surface area contributed by atoms with Crippen molar-refractivity contribution in [3.05, 3.63) is 29.3 Å². The zero-order valence-corrected chi connectivity index (χ0v) is 14.0. The fourth-order valence-electron chi connectivity index (χ4n) is 2.97. The summed E-state index contributed by atoms with van der Waals surface area (Å²) in [5, 5.41) is 0.493. The maximum atomic E-state index is 4.91. The molecule has 2 unspecified atom stereocenters. The third kappa shape index (κ3) is 3.46. The predicted octanol–water partition coefficient (Wildman–Crippen LogP) is 5.73. The Labute approximate surface area is 129 Å². The number of hydrogen-bond donors (Lipinski definition) is 1. The Morgan fingerprint density at radius 2 is 1.70 bits per heavy atom.